The molecule has 4 aliphatic carbocycles. The number of carboxylic acids is 2. The number of carbonyl (C=O) groups excluding carboxylic acids is 1. The van der Waals surface area contributed by atoms with Gasteiger partial charge in [0.15, 0.2) is 0 Å². The molecule has 0 aromatic heterocycles. The molecule has 4 saturated carbocycles. The summed E-state index contributed by atoms with van der Waals surface area (Å²) in [5, 5.41) is 31.1. The van der Waals surface area contributed by atoms with Gasteiger partial charge in [0.1, 0.15) is 6.29 Å². The van der Waals surface area contributed by atoms with Crippen LogP contribution in [0.5, 0.6) is 0 Å². The summed E-state index contributed by atoms with van der Waals surface area (Å²) < 4.78 is 0. The van der Waals surface area contributed by atoms with Crippen molar-refractivity contribution < 1.29 is 29.7 Å². The minimum absolute atomic E-state index is 0.211. The number of hydrogen-bond donors (Lipinski definition) is 3. The Morgan fingerprint density at radius 3 is 2.50 bits per heavy atom. The van der Waals surface area contributed by atoms with Crippen LogP contribution >= 0.6 is 0 Å². The summed E-state index contributed by atoms with van der Waals surface area (Å²) in [5.74, 6) is -3.99. The topological polar surface area (TPSA) is 112 Å². The van der Waals surface area contributed by atoms with Crippen molar-refractivity contribution >= 4 is 18.2 Å². The van der Waals surface area contributed by atoms with Gasteiger partial charge in [0.2, 0.25) is 0 Å². The van der Waals surface area contributed by atoms with E-state index in [0.717, 1.165) is 6.29 Å². The Morgan fingerprint density at radius 1 is 1.23 bits per heavy atom. The molecule has 0 amide bonds. The zero-order valence-electron chi connectivity index (χ0n) is 15.0. The molecule has 0 radical (unpaired) electrons. The molecule has 142 valence electrons. The number of aliphatic carboxylic acids is 2. The molecule has 7 atom stereocenters. The number of fused-ring (bicyclic) bond motifs is 3. The van der Waals surface area contributed by atoms with Crippen LogP contribution in [0.4, 0.5) is 0 Å². The SMILES string of the molecule is C=C1C[C@]23C[C@@]1(O)CC[C@H]2[C@]1(C=O)CCC[C@@](C)(C(=O)O)[C@H]1[C@@H]3C(=O)O. The molecule has 4 aliphatic rings. The largest absolute Gasteiger partial charge is 0.481 e. The Balaban J connectivity index is 1.98. The van der Waals surface area contributed by atoms with Crippen LogP contribution in [-0.4, -0.2) is 39.1 Å². The van der Waals surface area contributed by atoms with Crippen molar-refractivity contribution in [1.82, 2.24) is 0 Å². The van der Waals surface area contributed by atoms with Gasteiger partial charge in [0.25, 0.3) is 0 Å². The number of aldehydes is 1. The first-order valence-electron chi connectivity index (χ1n) is 9.41. The standard InChI is InChI=1S/C20H26O6/c1-11-8-19-9-20(11,26)7-4-12(19)18(10-21)6-3-5-17(2,16(24)25)14(18)13(19)15(22)23/h10,12-14,26H,1,3-9H2,2H3,(H,22,23)(H,24,25)/t12-,13+,14+,17+,18+,19-,20-/m0/s1. The fraction of sp³-hybridized carbons (Fsp3) is 0.750. The molecule has 4 rings (SSSR count). The molecular weight excluding hydrogens is 336 g/mol. The molecule has 6 heteroatoms. The normalized spacial score (nSPS) is 52.2. The molecule has 1 spiro atoms. The Labute approximate surface area is 152 Å². The highest BCUT2D eigenvalue weighted by Crippen LogP contribution is 2.77. The third-order valence-corrected chi connectivity index (χ3v) is 8.51. The lowest BCUT2D eigenvalue weighted by molar-refractivity contribution is -0.167. The van der Waals surface area contributed by atoms with E-state index in [0.29, 0.717) is 44.1 Å². The molecule has 0 saturated heterocycles. The first kappa shape index (κ1) is 17.7. The predicted molar refractivity (Wildman–Crippen MR) is 91.2 cm³/mol. The van der Waals surface area contributed by atoms with Gasteiger partial charge in [-0.1, -0.05) is 13.0 Å². The quantitative estimate of drug-likeness (QED) is 0.524. The second-order valence-electron chi connectivity index (χ2n) is 9.41. The van der Waals surface area contributed by atoms with E-state index in [4.69, 9.17) is 0 Å². The van der Waals surface area contributed by atoms with Gasteiger partial charge in [-0.15, -0.1) is 0 Å². The zero-order chi connectivity index (χ0) is 19.1. The van der Waals surface area contributed by atoms with Gasteiger partial charge in [-0.2, -0.15) is 0 Å². The Hall–Kier alpha value is -1.69. The first-order chi connectivity index (χ1) is 12.1. The van der Waals surface area contributed by atoms with E-state index in [1.54, 1.807) is 6.92 Å². The highest BCUT2D eigenvalue weighted by Gasteiger charge is 2.78. The number of aliphatic hydroxyl groups is 1. The van der Waals surface area contributed by atoms with E-state index in [9.17, 15) is 29.7 Å². The predicted octanol–water partition coefficient (Wildman–Crippen LogP) is 2.25. The molecular formula is C20H26O6. The minimum Gasteiger partial charge on any atom is -0.481 e. The van der Waals surface area contributed by atoms with Gasteiger partial charge in [-0.05, 0) is 62.4 Å². The average Bonchev–Trinajstić information content (AvgIpc) is 2.92. The van der Waals surface area contributed by atoms with E-state index in [1.165, 1.54) is 0 Å². The third kappa shape index (κ3) is 1.74. The summed E-state index contributed by atoms with van der Waals surface area (Å²) in [4.78, 5) is 37.1. The summed E-state index contributed by atoms with van der Waals surface area (Å²) in [6, 6.07) is 0. The van der Waals surface area contributed by atoms with Crippen molar-refractivity contribution in [2.75, 3.05) is 0 Å². The van der Waals surface area contributed by atoms with Gasteiger partial charge in [0, 0.05) is 11.3 Å². The van der Waals surface area contributed by atoms with E-state index in [-0.39, 0.29) is 12.3 Å². The lowest BCUT2D eigenvalue weighted by Gasteiger charge is -2.49. The maximum Gasteiger partial charge on any atom is 0.309 e. The van der Waals surface area contributed by atoms with Crippen LogP contribution in [0.1, 0.15) is 51.9 Å². The average molecular weight is 362 g/mol. The van der Waals surface area contributed by atoms with Gasteiger partial charge < -0.3 is 20.1 Å². The second-order valence-corrected chi connectivity index (χ2v) is 9.41. The van der Waals surface area contributed by atoms with Crippen molar-refractivity contribution in [2.45, 2.75) is 57.5 Å². The monoisotopic (exact) mass is 362 g/mol. The molecule has 0 heterocycles. The molecule has 0 aliphatic heterocycles. The summed E-state index contributed by atoms with van der Waals surface area (Å²) in [7, 11) is 0. The lowest BCUT2D eigenvalue weighted by Crippen LogP contribution is -2.52. The van der Waals surface area contributed by atoms with Crippen molar-refractivity contribution in [3.05, 3.63) is 12.2 Å². The smallest absolute Gasteiger partial charge is 0.309 e. The van der Waals surface area contributed by atoms with E-state index in [1.807, 2.05) is 0 Å². The second kappa shape index (κ2) is 4.97. The van der Waals surface area contributed by atoms with Crippen LogP contribution in [0, 0.1) is 34.0 Å². The number of carboxylic acid groups (broad SMARTS) is 2. The van der Waals surface area contributed by atoms with Crippen LogP contribution in [0.15, 0.2) is 12.2 Å². The van der Waals surface area contributed by atoms with Crippen LogP contribution in [-0.2, 0) is 14.4 Å². The van der Waals surface area contributed by atoms with Crippen molar-refractivity contribution in [3.8, 4) is 0 Å². The zero-order valence-corrected chi connectivity index (χ0v) is 15.0. The molecule has 0 aromatic rings. The maximum atomic E-state index is 12.5. The fourth-order valence-electron chi connectivity index (χ4n) is 7.63. The summed E-state index contributed by atoms with van der Waals surface area (Å²) in [5.41, 5.74) is -3.41. The van der Waals surface area contributed by atoms with Crippen LogP contribution < -0.4 is 0 Å². The van der Waals surface area contributed by atoms with Crippen LogP contribution in [0.25, 0.3) is 0 Å². The molecule has 0 unspecified atom stereocenters. The number of carbonyl (C=O) groups is 3. The van der Waals surface area contributed by atoms with Crippen LogP contribution in [0.2, 0.25) is 0 Å². The Kier molecular flexibility index (Phi) is 3.39. The molecule has 3 N–H and O–H groups in total. The summed E-state index contributed by atoms with van der Waals surface area (Å²) in [6.45, 7) is 5.62. The van der Waals surface area contributed by atoms with Crippen molar-refractivity contribution in [2.24, 2.45) is 34.0 Å². The molecule has 0 aromatic carbocycles. The minimum atomic E-state index is -1.25. The van der Waals surface area contributed by atoms with E-state index >= 15 is 0 Å². The molecule has 26 heavy (non-hydrogen) atoms. The first-order valence-corrected chi connectivity index (χ1v) is 9.41. The number of hydrogen-bond acceptors (Lipinski definition) is 4. The van der Waals surface area contributed by atoms with Gasteiger partial charge in [-0.25, -0.2) is 0 Å². The summed E-state index contributed by atoms with van der Waals surface area (Å²) >= 11 is 0. The van der Waals surface area contributed by atoms with Crippen molar-refractivity contribution in [3.63, 3.8) is 0 Å². The van der Waals surface area contributed by atoms with Gasteiger partial charge in [0.05, 0.1) is 16.9 Å². The fourth-order valence-corrected chi connectivity index (χ4v) is 7.63. The van der Waals surface area contributed by atoms with Crippen LogP contribution in [0.3, 0.4) is 0 Å². The lowest BCUT2D eigenvalue weighted by atomic mass is 9.53. The Bertz CT molecular complexity index is 730. The molecule has 6 nitrogen and oxygen atoms in total. The Morgan fingerprint density at radius 2 is 1.92 bits per heavy atom. The highest BCUT2D eigenvalue weighted by molar-refractivity contribution is 5.82. The van der Waals surface area contributed by atoms with Gasteiger partial charge >= 0.3 is 11.9 Å². The maximum absolute atomic E-state index is 12.5. The van der Waals surface area contributed by atoms with Crippen molar-refractivity contribution in [1.29, 1.82) is 0 Å². The highest BCUT2D eigenvalue weighted by atomic mass is 16.4. The third-order valence-electron chi connectivity index (χ3n) is 8.51. The molecule has 2 bridgehead atoms. The molecule has 4 fully saturated rings. The number of rotatable bonds is 3. The van der Waals surface area contributed by atoms with E-state index < -0.39 is 45.6 Å². The van der Waals surface area contributed by atoms with Gasteiger partial charge in [-0.3, -0.25) is 9.59 Å². The van der Waals surface area contributed by atoms with E-state index in [2.05, 4.69) is 6.58 Å². The summed E-state index contributed by atoms with van der Waals surface area (Å²) in [6.07, 6.45) is 4.04.